The van der Waals surface area contributed by atoms with E-state index in [9.17, 15) is 4.79 Å². The molecule has 4 aromatic carbocycles. The zero-order chi connectivity index (χ0) is 33.9. The molecule has 246 valence electrons. The summed E-state index contributed by atoms with van der Waals surface area (Å²) in [6.07, 6.45) is 0. The van der Waals surface area contributed by atoms with E-state index in [1.54, 1.807) is 30.0 Å². The largest absolute Gasteiger partial charge is 0.493 e. The molecule has 8 nitrogen and oxygen atoms in total. The van der Waals surface area contributed by atoms with Gasteiger partial charge in [-0.15, -0.1) is 5.10 Å². The molecule has 0 aliphatic carbocycles. The topological polar surface area (TPSA) is 90.3 Å². The number of hydrogen-bond donors (Lipinski definition) is 2. The van der Waals surface area contributed by atoms with Gasteiger partial charge in [-0.25, -0.2) is 4.68 Å². The second-order valence-electron chi connectivity index (χ2n) is 11.0. The van der Waals surface area contributed by atoms with Crippen LogP contribution >= 0.6 is 62.5 Å². The SMILES string of the molecule is COc1cc(C2C(C(=O)Nc3cccc(C)c3)=C(C)Nc3nc(SCc4ccccc4Cl)nn32)cc(Br)c1OCc1c(Cl)cccc1Cl. The average molecular weight is 786 g/mol. The molecule has 2 N–H and O–H groups in total. The molecule has 0 saturated heterocycles. The quantitative estimate of drug-likeness (QED) is 0.136. The van der Waals surface area contributed by atoms with Crippen molar-refractivity contribution in [3.63, 3.8) is 0 Å². The molecule has 1 unspecified atom stereocenters. The Balaban J connectivity index is 1.38. The van der Waals surface area contributed by atoms with Crippen molar-refractivity contribution in [1.29, 1.82) is 0 Å². The molecular formula is C35H29BrCl3N5O3S. The Labute approximate surface area is 305 Å². The number of fused-ring (bicyclic) bond motifs is 1. The van der Waals surface area contributed by atoms with Crippen LogP contribution in [-0.2, 0) is 17.2 Å². The van der Waals surface area contributed by atoms with Gasteiger partial charge < -0.3 is 20.1 Å². The van der Waals surface area contributed by atoms with Crippen molar-refractivity contribution in [2.75, 3.05) is 17.7 Å². The first kappa shape index (κ1) is 34.2. The highest BCUT2D eigenvalue weighted by molar-refractivity contribution is 9.10. The van der Waals surface area contributed by atoms with Gasteiger partial charge in [-0.05, 0) is 88.9 Å². The molecule has 1 amide bonds. The molecule has 0 radical (unpaired) electrons. The minimum absolute atomic E-state index is 0.114. The van der Waals surface area contributed by atoms with Gasteiger partial charge in [0, 0.05) is 37.8 Å². The normalized spacial score (nSPS) is 13.9. The monoisotopic (exact) mass is 783 g/mol. The van der Waals surface area contributed by atoms with E-state index in [0.717, 1.165) is 11.1 Å². The van der Waals surface area contributed by atoms with E-state index in [0.29, 0.717) is 76.0 Å². The second-order valence-corrected chi connectivity index (χ2v) is 14.0. The third-order valence-corrected chi connectivity index (χ3v) is 10.2. The number of carbonyl (C=O) groups is 1. The van der Waals surface area contributed by atoms with E-state index in [2.05, 4.69) is 26.6 Å². The molecule has 48 heavy (non-hydrogen) atoms. The molecule has 0 spiro atoms. The first-order chi connectivity index (χ1) is 23.1. The van der Waals surface area contributed by atoms with E-state index in [1.807, 2.05) is 74.5 Å². The van der Waals surface area contributed by atoms with E-state index < -0.39 is 6.04 Å². The number of rotatable bonds is 10. The number of thioether (sulfide) groups is 1. The summed E-state index contributed by atoms with van der Waals surface area (Å²) in [7, 11) is 1.56. The van der Waals surface area contributed by atoms with Crippen LogP contribution < -0.4 is 20.1 Å². The number of methoxy groups -OCH3 is 1. The lowest BCUT2D eigenvalue weighted by atomic mass is 9.94. The maximum absolute atomic E-state index is 14.1. The van der Waals surface area contributed by atoms with Crippen molar-refractivity contribution in [1.82, 2.24) is 14.8 Å². The summed E-state index contributed by atoms with van der Waals surface area (Å²) in [5.41, 5.74) is 5.14. The van der Waals surface area contributed by atoms with Crippen LogP contribution in [0.25, 0.3) is 0 Å². The Morgan fingerprint density at radius 1 is 1.00 bits per heavy atom. The fourth-order valence-corrected chi connectivity index (χ4v) is 7.52. The van der Waals surface area contributed by atoms with E-state index in [-0.39, 0.29) is 12.5 Å². The summed E-state index contributed by atoms with van der Waals surface area (Å²) in [4.78, 5) is 18.9. The molecule has 13 heteroatoms. The van der Waals surface area contributed by atoms with Gasteiger partial charge in [-0.3, -0.25) is 4.79 Å². The number of benzene rings is 4. The summed E-state index contributed by atoms with van der Waals surface area (Å²) < 4.78 is 14.3. The number of aromatic nitrogens is 3. The van der Waals surface area contributed by atoms with Crippen LogP contribution in [0.1, 0.15) is 35.2 Å². The van der Waals surface area contributed by atoms with Gasteiger partial charge in [0.2, 0.25) is 11.1 Å². The van der Waals surface area contributed by atoms with Crippen LogP contribution in [-0.4, -0.2) is 27.8 Å². The molecule has 1 aliphatic rings. The second kappa shape index (κ2) is 14.8. The fourth-order valence-electron chi connectivity index (χ4n) is 5.33. The predicted octanol–water partition coefficient (Wildman–Crippen LogP) is 10.1. The van der Waals surface area contributed by atoms with Crippen molar-refractivity contribution in [3.8, 4) is 11.5 Å². The maximum Gasteiger partial charge on any atom is 0.255 e. The van der Waals surface area contributed by atoms with Gasteiger partial charge in [0.05, 0.1) is 17.2 Å². The Morgan fingerprint density at radius 2 is 1.73 bits per heavy atom. The Kier molecular flexibility index (Phi) is 10.6. The number of aryl methyl sites for hydroxylation is 1. The van der Waals surface area contributed by atoms with E-state index in [1.165, 1.54) is 11.8 Å². The van der Waals surface area contributed by atoms with Gasteiger partial charge in [0.15, 0.2) is 11.5 Å². The van der Waals surface area contributed by atoms with Crippen LogP contribution in [0.5, 0.6) is 11.5 Å². The third-order valence-electron chi connectivity index (χ3n) is 7.66. The maximum atomic E-state index is 14.1. The standard InChI is InChI=1S/C35H29BrCl3N5O3S/c1-19-8-6-10-23(14-19)41-33(45)30-20(2)40-34-42-35(48-18-21-9-4-5-11-26(21)37)43-44(34)31(30)22-15-25(36)32(29(16-22)46-3)47-17-24-27(38)12-7-13-28(24)39/h4-16,31H,17-18H2,1-3H3,(H,41,45)(H,40,42,43). The molecule has 0 fully saturated rings. The lowest BCUT2D eigenvalue weighted by Crippen LogP contribution is -2.31. The third kappa shape index (κ3) is 7.33. The summed E-state index contributed by atoms with van der Waals surface area (Å²) in [6.45, 7) is 3.94. The highest BCUT2D eigenvalue weighted by atomic mass is 79.9. The van der Waals surface area contributed by atoms with Gasteiger partial charge in [-0.1, -0.05) is 83.0 Å². The molecule has 6 rings (SSSR count). The van der Waals surface area contributed by atoms with Crippen LogP contribution in [0.3, 0.4) is 0 Å². The van der Waals surface area contributed by atoms with Crippen LogP contribution in [0.15, 0.2) is 99.8 Å². The fraction of sp³-hybridized carbons (Fsp3) is 0.171. The van der Waals surface area contributed by atoms with Gasteiger partial charge in [-0.2, -0.15) is 4.98 Å². The first-order valence-electron chi connectivity index (χ1n) is 14.7. The lowest BCUT2D eigenvalue weighted by molar-refractivity contribution is -0.113. The average Bonchev–Trinajstić information content (AvgIpc) is 3.46. The predicted molar refractivity (Wildman–Crippen MR) is 197 cm³/mol. The summed E-state index contributed by atoms with van der Waals surface area (Å²) >= 11 is 24.3. The van der Waals surface area contributed by atoms with E-state index >= 15 is 0 Å². The van der Waals surface area contributed by atoms with Gasteiger partial charge in [0.25, 0.3) is 5.91 Å². The minimum atomic E-state index is -0.675. The summed E-state index contributed by atoms with van der Waals surface area (Å²) in [5.74, 6) is 1.67. The number of halogens is 4. The number of ether oxygens (including phenoxy) is 2. The molecule has 0 saturated carbocycles. The molecule has 0 bridgehead atoms. The zero-order valence-corrected chi connectivity index (χ0v) is 30.7. The first-order valence-corrected chi connectivity index (χ1v) is 17.7. The molecule has 1 aliphatic heterocycles. The summed E-state index contributed by atoms with van der Waals surface area (Å²) in [6, 6.07) is 23.6. The van der Waals surface area contributed by atoms with Crippen molar-refractivity contribution in [2.24, 2.45) is 0 Å². The number of nitrogens with one attached hydrogen (secondary N) is 2. The molecule has 2 heterocycles. The Morgan fingerprint density at radius 3 is 2.46 bits per heavy atom. The molecule has 1 aromatic heterocycles. The highest BCUT2D eigenvalue weighted by Gasteiger charge is 2.35. The van der Waals surface area contributed by atoms with Crippen molar-refractivity contribution < 1.29 is 14.3 Å². The minimum Gasteiger partial charge on any atom is -0.493 e. The number of nitrogens with zero attached hydrogens (tertiary/aromatic N) is 3. The number of anilines is 2. The van der Waals surface area contributed by atoms with Crippen molar-refractivity contribution >= 4 is 80.0 Å². The smallest absolute Gasteiger partial charge is 0.255 e. The highest BCUT2D eigenvalue weighted by Crippen LogP contribution is 2.44. The Hall–Kier alpha value is -3.67. The Bertz CT molecular complexity index is 2030. The molecule has 5 aromatic rings. The zero-order valence-electron chi connectivity index (χ0n) is 26.0. The number of carbonyl (C=O) groups excluding carboxylic acids is 1. The van der Waals surface area contributed by atoms with E-state index in [4.69, 9.17) is 54.4 Å². The van der Waals surface area contributed by atoms with Crippen molar-refractivity contribution in [3.05, 3.63) is 132 Å². The van der Waals surface area contributed by atoms with Gasteiger partial charge in [0.1, 0.15) is 12.6 Å². The van der Waals surface area contributed by atoms with Crippen LogP contribution in [0, 0.1) is 6.92 Å². The van der Waals surface area contributed by atoms with Crippen LogP contribution in [0.2, 0.25) is 15.1 Å². The molecular weight excluding hydrogens is 757 g/mol. The van der Waals surface area contributed by atoms with Crippen molar-refractivity contribution in [2.45, 2.75) is 37.4 Å². The van der Waals surface area contributed by atoms with Gasteiger partial charge >= 0.3 is 0 Å². The molecule has 1 atom stereocenters. The lowest BCUT2D eigenvalue weighted by Gasteiger charge is -2.29. The van der Waals surface area contributed by atoms with Crippen LogP contribution in [0.4, 0.5) is 11.6 Å². The number of amides is 1. The number of hydrogen-bond acceptors (Lipinski definition) is 7. The number of allylic oxidation sites excluding steroid dienone is 1. The summed E-state index contributed by atoms with van der Waals surface area (Å²) in [5, 5.41) is 13.4.